The molecule has 1 nitrogen and oxygen atoms in total. The number of hydrogen-bond acceptors (Lipinski definition) is 0. The molecule has 3 aromatic rings. The molecule has 2 aliphatic rings. The second kappa shape index (κ2) is 8.57. The third kappa shape index (κ3) is 3.63. The molecule has 1 heterocycles. The second-order valence-electron chi connectivity index (χ2n) is 7.26. The van der Waals surface area contributed by atoms with Crippen LogP contribution >= 0.6 is 0 Å². The fraction of sp³-hybridized carbons (Fsp3) is 0.167. The molecule has 2 aromatic carbocycles. The van der Waals surface area contributed by atoms with Gasteiger partial charge < -0.3 is 24.8 Å². The predicted octanol–water partition coefficient (Wildman–Crippen LogP) is 0.409. The molecule has 2 aliphatic carbocycles. The summed E-state index contributed by atoms with van der Waals surface area (Å²) in [5.74, 6) is 0. The summed E-state index contributed by atoms with van der Waals surface area (Å²) >= 11 is -1.02. The van der Waals surface area contributed by atoms with E-state index in [0.717, 1.165) is 0 Å². The van der Waals surface area contributed by atoms with Crippen LogP contribution in [0.3, 0.4) is 0 Å². The van der Waals surface area contributed by atoms with Gasteiger partial charge in [0.2, 0.25) is 0 Å². The summed E-state index contributed by atoms with van der Waals surface area (Å²) in [6.07, 6.45) is 10.7. The standard InChI is InChI=1S/C17H12N.C7H9.2ClH.Hf/c1-2-6-14-10-17(9-13(14)5-1)18-11-15-7-3-4-8-16(15)12-18;1-6-4-3-5-7(6)2;;;/h1-12H;4H,3H2,1-2H3;2*1H;/q;;;;+2/p-2. The van der Waals surface area contributed by atoms with Crippen molar-refractivity contribution in [1.82, 2.24) is 4.57 Å². The van der Waals surface area contributed by atoms with E-state index in [9.17, 15) is 0 Å². The van der Waals surface area contributed by atoms with Crippen molar-refractivity contribution in [1.29, 1.82) is 0 Å². The Hall–Kier alpha value is -1.35. The molecule has 28 heavy (non-hydrogen) atoms. The molecule has 0 radical (unpaired) electrons. The van der Waals surface area contributed by atoms with E-state index in [-0.39, 0.29) is 24.8 Å². The van der Waals surface area contributed by atoms with Gasteiger partial charge in [0.1, 0.15) is 0 Å². The Bertz CT molecular complexity index is 1090. The van der Waals surface area contributed by atoms with Crippen molar-refractivity contribution in [2.75, 3.05) is 0 Å². The van der Waals surface area contributed by atoms with Crippen LogP contribution in [0.15, 0.2) is 81.5 Å². The minimum Gasteiger partial charge on any atom is -1.00 e. The summed E-state index contributed by atoms with van der Waals surface area (Å²) in [6.45, 7) is 4.60. The van der Waals surface area contributed by atoms with Crippen LogP contribution in [-0.2, 0) is 22.9 Å². The SMILES string of the molecule is CC1=CC[C]([Hf+2][CH]2C(n3cc4ccccc4c3)=Cc3ccccc32)=C1C.[Cl-].[Cl-]. The van der Waals surface area contributed by atoms with Crippen molar-refractivity contribution >= 4 is 22.5 Å². The first-order valence-electron chi connectivity index (χ1n) is 9.22. The van der Waals surface area contributed by atoms with Crippen LogP contribution in [0.5, 0.6) is 0 Å². The van der Waals surface area contributed by atoms with Crippen LogP contribution in [0.4, 0.5) is 0 Å². The first kappa shape index (κ1) is 21.4. The normalized spacial score (nSPS) is 17.4. The average Bonchev–Trinajstić information content (AvgIpc) is 3.33. The molecule has 1 atom stereocenters. The van der Waals surface area contributed by atoms with Gasteiger partial charge >= 0.3 is 167 Å². The number of halogens is 2. The van der Waals surface area contributed by atoms with E-state index >= 15 is 0 Å². The van der Waals surface area contributed by atoms with Gasteiger partial charge in [0, 0.05) is 0 Å². The Morgan fingerprint density at radius 1 is 0.893 bits per heavy atom. The minimum absolute atomic E-state index is 0. The van der Waals surface area contributed by atoms with Crippen molar-refractivity contribution in [2.24, 2.45) is 0 Å². The van der Waals surface area contributed by atoms with Crippen molar-refractivity contribution < 1.29 is 47.7 Å². The Labute approximate surface area is 190 Å². The summed E-state index contributed by atoms with van der Waals surface area (Å²) in [6, 6.07) is 17.7. The Morgan fingerprint density at radius 2 is 1.54 bits per heavy atom. The topological polar surface area (TPSA) is 4.93 Å². The third-order valence-corrected chi connectivity index (χ3v) is 12.3. The molecule has 0 saturated heterocycles. The molecule has 0 saturated carbocycles. The van der Waals surface area contributed by atoms with Gasteiger partial charge in [0.15, 0.2) is 0 Å². The van der Waals surface area contributed by atoms with Gasteiger partial charge in [0.25, 0.3) is 0 Å². The number of nitrogens with zero attached hydrogens (tertiary/aromatic N) is 1. The molecular weight excluding hydrogens is 552 g/mol. The van der Waals surface area contributed by atoms with Gasteiger partial charge in [-0.1, -0.05) is 0 Å². The fourth-order valence-corrected chi connectivity index (χ4v) is 10.5. The monoisotopic (exact) mass is 573 g/mol. The van der Waals surface area contributed by atoms with Gasteiger partial charge in [-0.2, -0.15) is 0 Å². The van der Waals surface area contributed by atoms with Crippen molar-refractivity contribution in [3.63, 3.8) is 0 Å². The quantitative estimate of drug-likeness (QED) is 0.401. The first-order chi connectivity index (χ1) is 12.7. The van der Waals surface area contributed by atoms with Crippen molar-refractivity contribution in [2.45, 2.75) is 23.9 Å². The molecule has 5 rings (SSSR count). The third-order valence-electron chi connectivity index (χ3n) is 5.73. The van der Waals surface area contributed by atoms with Crippen LogP contribution in [0.2, 0.25) is 0 Å². The van der Waals surface area contributed by atoms with Crippen LogP contribution in [-0.4, -0.2) is 4.57 Å². The molecule has 0 N–H and O–H groups in total. The minimum atomic E-state index is -1.02. The van der Waals surface area contributed by atoms with Crippen LogP contribution in [0, 0.1) is 0 Å². The summed E-state index contributed by atoms with van der Waals surface area (Å²) in [7, 11) is 0. The smallest absolute Gasteiger partial charge is 1.00 e. The van der Waals surface area contributed by atoms with Gasteiger partial charge in [-0.15, -0.1) is 0 Å². The Kier molecular flexibility index (Phi) is 6.54. The van der Waals surface area contributed by atoms with Gasteiger partial charge in [-0.25, -0.2) is 0 Å². The zero-order chi connectivity index (χ0) is 17.7. The number of rotatable bonds is 3. The molecule has 0 fully saturated rings. The summed E-state index contributed by atoms with van der Waals surface area (Å²) < 4.78 is 4.80. The molecule has 1 aromatic heterocycles. The maximum Gasteiger partial charge on any atom is -1.00 e. The Morgan fingerprint density at radius 3 is 2.18 bits per heavy atom. The van der Waals surface area contributed by atoms with E-state index in [4.69, 9.17) is 0 Å². The van der Waals surface area contributed by atoms with E-state index in [1.54, 1.807) is 14.5 Å². The number of fused-ring (bicyclic) bond motifs is 2. The molecule has 140 valence electrons. The molecule has 0 aliphatic heterocycles. The summed E-state index contributed by atoms with van der Waals surface area (Å²) in [5.41, 5.74) is 7.52. The number of aromatic nitrogens is 1. The molecular formula is C24H21Cl2HfN. The maximum atomic E-state index is 2.43. The maximum absolute atomic E-state index is 2.43. The number of benzene rings is 2. The van der Waals surface area contributed by atoms with Crippen molar-refractivity contribution in [3.8, 4) is 0 Å². The van der Waals surface area contributed by atoms with Gasteiger partial charge in [0.05, 0.1) is 0 Å². The summed E-state index contributed by atoms with van der Waals surface area (Å²) in [5, 5.41) is 2.65. The van der Waals surface area contributed by atoms with Crippen LogP contribution < -0.4 is 24.8 Å². The molecule has 0 amide bonds. The molecule has 4 heteroatoms. The van der Waals surface area contributed by atoms with E-state index in [0.29, 0.717) is 3.67 Å². The van der Waals surface area contributed by atoms with E-state index in [1.165, 1.54) is 34.0 Å². The number of allylic oxidation sites excluding steroid dienone is 5. The van der Waals surface area contributed by atoms with Crippen molar-refractivity contribution in [3.05, 3.63) is 92.6 Å². The van der Waals surface area contributed by atoms with Crippen LogP contribution in [0.25, 0.3) is 22.5 Å². The summed E-state index contributed by atoms with van der Waals surface area (Å²) in [4.78, 5) is 0. The van der Waals surface area contributed by atoms with Crippen LogP contribution in [0.1, 0.15) is 35.1 Å². The van der Waals surface area contributed by atoms with Gasteiger partial charge in [-0.05, 0) is 0 Å². The zero-order valence-electron chi connectivity index (χ0n) is 15.9. The van der Waals surface area contributed by atoms with E-state index in [2.05, 4.69) is 91.5 Å². The fourth-order valence-electron chi connectivity index (χ4n) is 4.06. The predicted molar refractivity (Wildman–Crippen MR) is 106 cm³/mol. The van der Waals surface area contributed by atoms with E-state index in [1.807, 2.05) is 0 Å². The second-order valence-corrected chi connectivity index (χ2v) is 12.5. The average molecular weight is 573 g/mol. The molecule has 0 spiro atoms. The number of hydrogen-bond donors (Lipinski definition) is 0. The van der Waals surface area contributed by atoms with E-state index < -0.39 is 22.9 Å². The van der Waals surface area contributed by atoms with Gasteiger partial charge in [-0.3, -0.25) is 0 Å². The largest absolute Gasteiger partial charge is 1.00 e. The molecule has 0 bridgehead atoms. The zero-order valence-corrected chi connectivity index (χ0v) is 21.0. The Balaban J connectivity index is 0.00000112. The first-order valence-corrected chi connectivity index (χ1v) is 13.1. The molecule has 1 unspecified atom stereocenters.